The average Bonchev–Trinajstić information content (AvgIpc) is 3.23. The van der Waals surface area contributed by atoms with Crippen molar-refractivity contribution in [2.24, 2.45) is 0 Å². The smallest absolute Gasteiger partial charge is 0.277 e. The van der Waals surface area contributed by atoms with Crippen LogP contribution in [0.5, 0.6) is 5.75 Å². The van der Waals surface area contributed by atoms with Crippen molar-refractivity contribution < 1.29 is 13.7 Å². The van der Waals surface area contributed by atoms with Gasteiger partial charge in [0.1, 0.15) is 5.75 Å². The van der Waals surface area contributed by atoms with E-state index in [1.54, 1.807) is 0 Å². The molecule has 0 bridgehead atoms. The zero-order chi connectivity index (χ0) is 16.8. The fraction of sp³-hybridized carbons (Fsp3) is 0.375. The lowest BCUT2D eigenvalue weighted by atomic mass is 10.2. The third-order valence-corrected chi connectivity index (χ3v) is 3.93. The summed E-state index contributed by atoms with van der Waals surface area (Å²) in [5, 5.41) is 12.5. The summed E-state index contributed by atoms with van der Waals surface area (Å²) in [6.45, 7) is 4.58. The SMILES string of the molecule is CCCc1noc(CSc2nnc(-c3ccccc3OCC)o2)n1. The first-order chi connectivity index (χ1) is 11.8. The maximum atomic E-state index is 5.70. The van der Waals surface area contributed by atoms with Crippen LogP contribution in [0.2, 0.25) is 0 Å². The number of rotatable bonds is 8. The van der Waals surface area contributed by atoms with Gasteiger partial charge in [-0.3, -0.25) is 0 Å². The summed E-state index contributed by atoms with van der Waals surface area (Å²) in [4.78, 5) is 4.31. The van der Waals surface area contributed by atoms with Gasteiger partial charge >= 0.3 is 0 Å². The fourth-order valence-corrected chi connectivity index (χ4v) is 2.70. The van der Waals surface area contributed by atoms with Crippen molar-refractivity contribution in [3.8, 4) is 17.2 Å². The molecule has 0 aliphatic rings. The van der Waals surface area contributed by atoms with Gasteiger partial charge in [-0.1, -0.05) is 36.0 Å². The van der Waals surface area contributed by atoms with Crippen LogP contribution in [0.3, 0.4) is 0 Å². The quantitative estimate of drug-likeness (QED) is 0.570. The highest BCUT2D eigenvalue weighted by molar-refractivity contribution is 7.98. The largest absolute Gasteiger partial charge is 0.493 e. The molecule has 24 heavy (non-hydrogen) atoms. The molecule has 0 spiro atoms. The Hall–Kier alpha value is -2.35. The van der Waals surface area contributed by atoms with E-state index in [0.29, 0.717) is 29.4 Å². The Balaban J connectivity index is 1.67. The van der Waals surface area contributed by atoms with Crippen molar-refractivity contribution >= 4 is 11.8 Å². The van der Waals surface area contributed by atoms with Crippen molar-refractivity contribution in [1.82, 2.24) is 20.3 Å². The number of ether oxygens (including phenoxy) is 1. The minimum Gasteiger partial charge on any atom is -0.493 e. The van der Waals surface area contributed by atoms with Gasteiger partial charge in [0.05, 0.1) is 17.9 Å². The van der Waals surface area contributed by atoms with E-state index in [1.807, 2.05) is 31.2 Å². The third kappa shape index (κ3) is 3.94. The molecule has 7 nitrogen and oxygen atoms in total. The number of nitrogens with zero attached hydrogens (tertiary/aromatic N) is 4. The molecular formula is C16H18N4O3S. The lowest BCUT2D eigenvalue weighted by Crippen LogP contribution is -1.93. The highest BCUT2D eigenvalue weighted by Gasteiger charge is 2.15. The molecule has 0 fully saturated rings. The van der Waals surface area contributed by atoms with E-state index in [9.17, 15) is 0 Å². The normalized spacial score (nSPS) is 10.9. The van der Waals surface area contributed by atoms with Crippen LogP contribution in [-0.4, -0.2) is 26.9 Å². The Labute approximate surface area is 143 Å². The van der Waals surface area contributed by atoms with Crippen molar-refractivity contribution in [3.05, 3.63) is 36.0 Å². The highest BCUT2D eigenvalue weighted by atomic mass is 32.2. The molecule has 0 amide bonds. The van der Waals surface area contributed by atoms with Crippen molar-refractivity contribution in [3.63, 3.8) is 0 Å². The second-order valence-electron chi connectivity index (χ2n) is 4.95. The van der Waals surface area contributed by atoms with Gasteiger partial charge in [0.15, 0.2) is 5.82 Å². The van der Waals surface area contributed by atoms with Gasteiger partial charge in [-0.05, 0) is 25.5 Å². The number of aryl methyl sites for hydroxylation is 1. The Morgan fingerprint density at radius 1 is 1.17 bits per heavy atom. The molecule has 2 aromatic heterocycles. The number of para-hydroxylation sites is 1. The molecule has 8 heteroatoms. The van der Waals surface area contributed by atoms with Crippen LogP contribution in [-0.2, 0) is 12.2 Å². The van der Waals surface area contributed by atoms with Gasteiger partial charge in [0, 0.05) is 6.42 Å². The summed E-state index contributed by atoms with van der Waals surface area (Å²) in [5.41, 5.74) is 0.779. The maximum Gasteiger partial charge on any atom is 0.277 e. The summed E-state index contributed by atoms with van der Waals surface area (Å²) >= 11 is 1.36. The fourth-order valence-electron chi connectivity index (χ4n) is 2.10. The molecule has 1 aromatic carbocycles. The molecule has 0 radical (unpaired) electrons. The first-order valence-electron chi connectivity index (χ1n) is 7.80. The van der Waals surface area contributed by atoms with Crippen molar-refractivity contribution in [2.75, 3.05) is 6.61 Å². The van der Waals surface area contributed by atoms with E-state index in [-0.39, 0.29) is 0 Å². The number of hydrogen-bond acceptors (Lipinski definition) is 8. The topological polar surface area (TPSA) is 87.1 Å². The van der Waals surface area contributed by atoms with Crippen LogP contribution in [0, 0.1) is 0 Å². The van der Waals surface area contributed by atoms with E-state index in [1.165, 1.54) is 11.8 Å². The predicted octanol–water partition coefficient (Wildman–Crippen LogP) is 3.76. The molecule has 0 aliphatic carbocycles. The van der Waals surface area contributed by atoms with Crippen LogP contribution in [0.4, 0.5) is 0 Å². The molecule has 3 rings (SSSR count). The molecule has 0 aliphatic heterocycles. The molecule has 0 atom stereocenters. The second kappa shape index (κ2) is 7.96. The van der Waals surface area contributed by atoms with Gasteiger partial charge in [-0.25, -0.2) is 0 Å². The molecule has 0 N–H and O–H groups in total. The zero-order valence-electron chi connectivity index (χ0n) is 13.6. The Bertz CT molecular complexity index is 787. The van der Waals surface area contributed by atoms with E-state index < -0.39 is 0 Å². The Kier molecular flexibility index (Phi) is 5.47. The second-order valence-corrected chi connectivity index (χ2v) is 5.87. The summed E-state index contributed by atoms with van der Waals surface area (Å²) < 4.78 is 16.5. The first kappa shape index (κ1) is 16.5. The lowest BCUT2D eigenvalue weighted by Gasteiger charge is -2.05. The van der Waals surface area contributed by atoms with Gasteiger partial charge in [0.25, 0.3) is 11.1 Å². The summed E-state index contributed by atoms with van der Waals surface area (Å²) in [5.74, 6) is 2.92. The average molecular weight is 346 g/mol. The van der Waals surface area contributed by atoms with Crippen LogP contribution in [0.15, 0.2) is 38.4 Å². The molecular weight excluding hydrogens is 328 g/mol. The van der Waals surface area contributed by atoms with Gasteiger partial charge in [0.2, 0.25) is 5.89 Å². The molecule has 0 saturated carbocycles. The highest BCUT2D eigenvalue weighted by Crippen LogP contribution is 2.31. The molecule has 2 heterocycles. The van der Waals surface area contributed by atoms with Crippen molar-refractivity contribution in [1.29, 1.82) is 0 Å². The van der Waals surface area contributed by atoms with Crippen LogP contribution < -0.4 is 4.74 Å². The molecule has 126 valence electrons. The summed E-state index contributed by atoms with van der Waals surface area (Å²) in [6.07, 6.45) is 1.80. The monoisotopic (exact) mass is 346 g/mol. The first-order valence-corrected chi connectivity index (χ1v) is 8.78. The van der Waals surface area contributed by atoms with Crippen LogP contribution in [0.25, 0.3) is 11.5 Å². The van der Waals surface area contributed by atoms with Gasteiger partial charge in [-0.15, -0.1) is 10.2 Å². The minimum atomic E-state index is 0.429. The standard InChI is InChI=1S/C16H18N4O3S/c1-3-7-13-17-14(23-20-13)10-24-16-19-18-15(22-16)11-8-5-6-9-12(11)21-4-2/h5-6,8-9H,3-4,7,10H2,1-2H3. The lowest BCUT2D eigenvalue weighted by molar-refractivity contribution is 0.340. The van der Waals surface area contributed by atoms with E-state index in [0.717, 1.165) is 30.0 Å². The van der Waals surface area contributed by atoms with E-state index in [2.05, 4.69) is 27.3 Å². The van der Waals surface area contributed by atoms with E-state index >= 15 is 0 Å². The van der Waals surface area contributed by atoms with E-state index in [4.69, 9.17) is 13.7 Å². The molecule has 0 saturated heterocycles. The van der Waals surface area contributed by atoms with Crippen molar-refractivity contribution in [2.45, 2.75) is 37.7 Å². The maximum absolute atomic E-state index is 5.70. The summed E-state index contributed by atoms with van der Waals surface area (Å²) in [7, 11) is 0. The van der Waals surface area contributed by atoms with Gasteiger partial charge in [-0.2, -0.15) is 4.98 Å². The van der Waals surface area contributed by atoms with Crippen LogP contribution >= 0.6 is 11.8 Å². The third-order valence-electron chi connectivity index (χ3n) is 3.13. The molecule has 0 unspecified atom stereocenters. The number of thioether (sulfide) groups is 1. The van der Waals surface area contributed by atoms with Crippen LogP contribution in [0.1, 0.15) is 32.0 Å². The van der Waals surface area contributed by atoms with Gasteiger partial charge < -0.3 is 13.7 Å². The zero-order valence-corrected chi connectivity index (χ0v) is 14.4. The molecule has 3 aromatic rings. The Morgan fingerprint density at radius 2 is 2.04 bits per heavy atom. The predicted molar refractivity (Wildman–Crippen MR) is 88.8 cm³/mol. The summed E-state index contributed by atoms with van der Waals surface area (Å²) in [6, 6.07) is 7.58. The number of aromatic nitrogens is 4. The Morgan fingerprint density at radius 3 is 2.88 bits per heavy atom. The minimum absolute atomic E-state index is 0.429. The number of hydrogen-bond donors (Lipinski definition) is 0. The number of benzene rings is 1.